The van der Waals surface area contributed by atoms with E-state index in [1.54, 1.807) is 0 Å². The number of methoxy groups -OCH3 is 1. The molecule has 8 heteroatoms. The van der Waals surface area contributed by atoms with Crippen LogP contribution in [-0.2, 0) is 9.53 Å². The monoisotopic (exact) mass is 298 g/mol. The zero-order chi connectivity index (χ0) is 15.6. The quantitative estimate of drug-likeness (QED) is 0.882. The first kappa shape index (κ1) is 15.0. The Balaban J connectivity index is 2.45. The highest BCUT2D eigenvalue weighted by Gasteiger charge is 2.38. The summed E-state index contributed by atoms with van der Waals surface area (Å²) in [6, 6.07) is 1.14. The zero-order valence-corrected chi connectivity index (χ0v) is 11.0. The second kappa shape index (κ2) is 5.96. The van der Waals surface area contributed by atoms with Gasteiger partial charge in [0.2, 0.25) is 0 Å². The average Bonchev–Trinajstić information content (AvgIpc) is 2.41. The summed E-state index contributed by atoms with van der Waals surface area (Å²) in [6.07, 6.45) is 0. The molecule has 2 atom stereocenters. The minimum absolute atomic E-state index is 0.0171. The summed E-state index contributed by atoms with van der Waals surface area (Å²) in [5.41, 5.74) is 0.154. The Hall–Kier alpha value is -2.35. The van der Waals surface area contributed by atoms with Crippen molar-refractivity contribution in [3.05, 3.63) is 35.4 Å². The van der Waals surface area contributed by atoms with Crippen molar-refractivity contribution in [3.63, 3.8) is 0 Å². The Bertz CT molecular complexity index is 618. The van der Waals surface area contributed by atoms with E-state index in [0.717, 1.165) is 12.1 Å². The second-order valence-electron chi connectivity index (χ2n) is 4.45. The molecule has 2 unspecified atom stereocenters. The van der Waals surface area contributed by atoms with Gasteiger partial charge in [0.05, 0.1) is 18.4 Å². The molecule has 2 rings (SSSR count). The second-order valence-corrected chi connectivity index (χ2v) is 4.45. The molecule has 0 aromatic heterocycles. The van der Waals surface area contributed by atoms with E-state index in [-0.39, 0.29) is 17.9 Å². The molecule has 21 heavy (non-hydrogen) atoms. The molecule has 2 N–H and O–H groups in total. The summed E-state index contributed by atoms with van der Waals surface area (Å²) < 4.78 is 31.1. The van der Waals surface area contributed by atoms with E-state index >= 15 is 0 Å². The van der Waals surface area contributed by atoms with Crippen LogP contribution in [0.25, 0.3) is 0 Å². The molecular formula is C13H12F2N2O4. The van der Waals surface area contributed by atoms with Gasteiger partial charge in [-0.25, -0.2) is 13.6 Å². The Morgan fingerprint density at radius 1 is 1.43 bits per heavy atom. The molecule has 112 valence electrons. The molecule has 0 bridgehead atoms. The van der Waals surface area contributed by atoms with Crippen molar-refractivity contribution in [2.75, 3.05) is 13.7 Å². The van der Waals surface area contributed by atoms with Crippen LogP contribution in [0.1, 0.15) is 11.6 Å². The van der Waals surface area contributed by atoms with Crippen molar-refractivity contribution in [3.8, 4) is 0 Å². The highest BCUT2D eigenvalue weighted by molar-refractivity contribution is 6.09. The van der Waals surface area contributed by atoms with E-state index < -0.39 is 35.6 Å². The van der Waals surface area contributed by atoms with Crippen molar-refractivity contribution < 1.29 is 28.2 Å². The number of benzene rings is 1. The van der Waals surface area contributed by atoms with Crippen LogP contribution in [-0.4, -0.2) is 36.5 Å². The van der Waals surface area contributed by atoms with Crippen molar-refractivity contribution in [1.29, 1.82) is 0 Å². The number of ether oxygens (including phenoxy) is 1. The maximum atomic E-state index is 13.3. The van der Waals surface area contributed by atoms with Gasteiger partial charge in [0.1, 0.15) is 5.92 Å². The van der Waals surface area contributed by atoms with Gasteiger partial charge in [-0.2, -0.15) is 4.99 Å². The molecule has 2 amide bonds. The molecule has 0 aliphatic carbocycles. The molecular weight excluding hydrogens is 286 g/mol. The fourth-order valence-corrected chi connectivity index (χ4v) is 2.18. The van der Waals surface area contributed by atoms with E-state index in [0.29, 0.717) is 0 Å². The van der Waals surface area contributed by atoms with Gasteiger partial charge in [-0.3, -0.25) is 4.79 Å². The summed E-state index contributed by atoms with van der Waals surface area (Å²) in [5.74, 6) is -4.65. The molecule has 1 aromatic carbocycles. The molecule has 1 aliphatic rings. The van der Waals surface area contributed by atoms with E-state index in [9.17, 15) is 23.5 Å². The van der Waals surface area contributed by atoms with Gasteiger partial charge in [-0.05, 0) is 17.7 Å². The summed E-state index contributed by atoms with van der Waals surface area (Å²) in [6.45, 7) is -0.148. The third kappa shape index (κ3) is 3.05. The van der Waals surface area contributed by atoms with Crippen LogP contribution in [0.2, 0.25) is 0 Å². The van der Waals surface area contributed by atoms with Crippen molar-refractivity contribution in [1.82, 2.24) is 5.32 Å². The van der Waals surface area contributed by atoms with E-state index in [4.69, 9.17) is 4.74 Å². The number of halogens is 2. The lowest BCUT2D eigenvalue weighted by Crippen LogP contribution is -2.45. The number of aliphatic imine (C=N–C) groups is 1. The van der Waals surface area contributed by atoms with Gasteiger partial charge in [-0.15, -0.1) is 0 Å². The summed E-state index contributed by atoms with van der Waals surface area (Å²) in [4.78, 5) is 26.5. The maximum Gasteiger partial charge on any atom is 0.341 e. The molecule has 1 aromatic rings. The lowest BCUT2D eigenvalue weighted by molar-refractivity contribution is -0.140. The van der Waals surface area contributed by atoms with Crippen LogP contribution < -0.4 is 5.32 Å². The number of carbonyl (C=O) groups excluding carboxylic acids is 1. The van der Waals surface area contributed by atoms with Gasteiger partial charge < -0.3 is 15.2 Å². The van der Waals surface area contributed by atoms with Crippen LogP contribution in [0, 0.1) is 17.6 Å². The normalized spacial score (nSPS) is 21.7. The van der Waals surface area contributed by atoms with Crippen LogP contribution in [0.5, 0.6) is 0 Å². The van der Waals surface area contributed by atoms with Gasteiger partial charge in [0.25, 0.3) is 0 Å². The summed E-state index contributed by atoms with van der Waals surface area (Å²) in [5, 5.41) is 11.7. The minimum Gasteiger partial charge on any atom is -0.481 e. The van der Waals surface area contributed by atoms with Crippen molar-refractivity contribution in [2.24, 2.45) is 10.9 Å². The Kier molecular flexibility index (Phi) is 4.27. The molecule has 6 nitrogen and oxygen atoms in total. The smallest absolute Gasteiger partial charge is 0.341 e. The van der Waals surface area contributed by atoms with Crippen LogP contribution >= 0.6 is 0 Å². The largest absolute Gasteiger partial charge is 0.481 e. The number of hydrogen-bond acceptors (Lipinski definition) is 3. The number of carboxylic acids is 1. The number of carboxylic acid groups (broad SMARTS) is 1. The number of aliphatic carboxylic acids is 1. The number of nitrogens with zero attached hydrogens (tertiary/aromatic N) is 1. The Labute approximate surface area is 118 Å². The average molecular weight is 298 g/mol. The molecule has 0 saturated heterocycles. The standard InChI is InChI=1S/C13H12F2N2O4/c1-21-5-9-10(12(18)19)11(17-13(20)16-9)6-2-3-7(14)8(15)4-6/h2-4,10-11H,5H2,1H3,(H,17,20)(H,18,19). The first-order valence-corrected chi connectivity index (χ1v) is 5.98. The summed E-state index contributed by atoms with van der Waals surface area (Å²) >= 11 is 0. The fraction of sp³-hybridized carbons (Fsp3) is 0.308. The van der Waals surface area contributed by atoms with E-state index in [1.165, 1.54) is 13.2 Å². The highest BCUT2D eigenvalue weighted by atomic mass is 19.2. The first-order chi connectivity index (χ1) is 9.93. The third-order valence-corrected chi connectivity index (χ3v) is 3.08. The molecule has 0 spiro atoms. The van der Waals surface area contributed by atoms with E-state index in [1.807, 2.05) is 0 Å². The number of nitrogens with one attached hydrogen (secondary N) is 1. The fourth-order valence-electron chi connectivity index (χ4n) is 2.18. The van der Waals surface area contributed by atoms with Crippen LogP contribution in [0.15, 0.2) is 23.2 Å². The van der Waals surface area contributed by atoms with Crippen LogP contribution in [0.4, 0.5) is 13.6 Å². The molecule has 1 heterocycles. The molecule has 0 radical (unpaired) electrons. The maximum absolute atomic E-state index is 13.3. The Morgan fingerprint density at radius 2 is 2.14 bits per heavy atom. The van der Waals surface area contributed by atoms with Gasteiger partial charge >= 0.3 is 12.0 Å². The topological polar surface area (TPSA) is 88.0 Å². The Morgan fingerprint density at radius 3 is 2.71 bits per heavy atom. The number of rotatable bonds is 4. The van der Waals surface area contributed by atoms with E-state index in [2.05, 4.69) is 10.3 Å². The summed E-state index contributed by atoms with van der Waals surface area (Å²) in [7, 11) is 1.33. The predicted molar refractivity (Wildman–Crippen MR) is 68.1 cm³/mol. The lowest BCUT2D eigenvalue weighted by Gasteiger charge is -2.29. The molecule has 1 aliphatic heterocycles. The van der Waals surface area contributed by atoms with Gasteiger partial charge in [0, 0.05) is 7.11 Å². The molecule has 0 saturated carbocycles. The third-order valence-electron chi connectivity index (χ3n) is 3.08. The van der Waals surface area contributed by atoms with Crippen molar-refractivity contribution >= 4 is 17.7 Å². The predicted octanol–water partition coefficient (Wildman–Crippen LogP) is 1.52. The lowest BCUT2D eigenvalue weighted by atomic mass is 9.88. The number of hydrogen-bond donors (Lipinski definition) is 2. The van der Waals surface area contributed by atoms with Crippen molar-refractivity contribution in [2.45, 2.75) is 6.04 Å². The molecule has 0 fully saturated rings. The minimum atomic E-state index is -1.25. The number of urea groups is 1. The zero-order valence-electron chi connectivity index (χ0n) is 11.0. The van der Waals surface area contributed by atoms with Gasteiger partial charge in [-0.1, -0.05) is 6.07 Å². The number of amides is 2. The number of carbonyl (C=O) groups is 2. The SMILES string of the molecule is COCC1=NC(=O)NC(c2ccc(F)c(F)c2)C1C(=O)O. The van der Waals surface area contributed by atoms with Gasteiger partial charge in [0.15, 0.2) is 11.6 Å². The highest BCUT2D eigenvalue weighted by Crippen LogP contribution is 2.28. The first-order valence-electron chi connectivity index (χ1n) is 5.98. The van der Waals surface area contributed by atoms with Crippen LogP contribution in [0.3, 0.4) is 0 Å².